The molecule has 3 fully saturated rings. The van der Waals surface area contributed by atoms with Crippen LogP contribution in [0, 0.1) is 12.8 Å². The number of piperidine rings is 1. The van der Waals surface area contributed by atoms with Crippen molar-refractivity contribution in [2.24, 2.45) is 5.92 Å². The molecule has 0 N–H and O–H groups in total. The fraction of sp³-hybridized carbons (Fsp3) is 0.700. The van der Waals surface area contributed by atoms with Crippen LogP contribution in [-0.2, 0) is 4.84 Å². The molecular formula is C20H30ClN3O. The zero-order chi connectivity index (χ0) is 17.2. The van der Waals surface area contributed by atoms with Gasteiger partial charge in [0.1, 0.15) is 0 Å². The topological polar surface area (TPSA) is 19.0 Å². The van der Waals surface area contributed by atoms with Gasteiger partial charge in [0.05, 0.1) is 16.8 Å². The lowest BCUT2D eigenvalue weighted by molar-refractivity contribution is -0.184. The Hall–Kier alpha value is -0.810. The van der Waals surface area contributed by atoms with Crippen LogP contribution in [0.2, 0.25) is 5.02 Å². The van der Waals surface area contributed by atoms with Crippen molar-refractivity contribution < 1.29 is 4.84 Å². The third kappa shape index (κ3) is 4.68. The second-order valence-electron chi connectivity index (χ2n) is 7.92. The van der Waals surface area contributed by atoms with E-state index in [1.54, 1.807) is 0 Å². The van der Waals surface area contributed by atoms with Crippen LogP contribution in [0.15, 0.2) is 18.2 Å². The summed E-state index contributed by atoms with van der Waals surface area (Å²) in [5, 5.41) is 3.10. The highest BCUT2D eigenvalue weighted by Crippen LogP contribution is 2.29. The van der Waals surface area contributed by atoms with Crippen LogP contribution >= 0.6 is 11.6 Å². The molecular weight excluding hydrogens is 334 g/mol. The molecule has 0 aromatic heterocycles. The lowest BCUT2D eigenvalue weighted by Gasteiger charge is -2.39. The maximum Gasteiger partial charge on any atom is 0.0795 e. The van der Waals surface area contributed by atoms with Crippen LogP contribution < -0.4 is 4.90 Å². The summed E-state index contributed by atoms with van der Waals surface area (Å²) in [5.74, 6) is 0.827. The molecule has 5 heteroatoms. The van der Waals surface area contributed by atoms with Gasteiger partial charge in [-0.2, -0.15) is 5.06 Å². The molecule has 0 atom stereocenters. The first-order valence-electron chi connectivity index (χ1n) is 9.82. The largest absolute Gasteiger partial charge is 0.368 e. The normalized spacial score (nSPS) is 24.0. The quantitative estimate of drug-likeness (QED) is 0.795. The van der Waals surface area contributed by atoms with E-state index in [1.807, 2.05) is 0 Å². The predicted molar refractivity (Wildman–Crippen MR) is 103 cm³/mol. The van der Waals surface area contributed by atoms with Crippen molar-refractivity contribution in [3.8, 4) is 0 Å². The first-order chi connectivity index (χ1) is 12.2. The average Bonchev–Trinajstić information content (AvgIpc) is 3.42. The second kappa shape index (κ2) is 7.83. The number of piperazine rings is 1. The molecule has 1 aliphatic carbocycles. The summed E-state index contributed by atoms with van der Waals surface area (Å²) in [6.45, 7) is 9.99. The van der Waals surface area contributed by atoms with Gasteiger partial charge in [-0.15, -0.1) is 0 Å². The standard InChI is InChI=1S/C20H30ClN3O/c1-16-2-5-20(19(21)14-16)23-12-10-22(11-13-23)15-17-6-8-24(9-7-17)25-18-3-4-18/h2,5,14,17-18H,3-4,6-13,15H2,1H3. The van der Waals surface area contributed by atoms with Crippen molar-refractivity contribution in [1.82, 2.24) is 9.96 Å². The molecule has 0 amide bonds. The molecule has 4 rings (SSSR count). The fourth-order valence-electron chi connectivity index (χ4n) is 3.99. The van der Waals surface area contributed by atoms with Gasteiger partial charge in [-0.3, -0.25) is 9.74 Å². The van der Waals surface area contributed by atoms with Gasteiger partial charge in [0.15, 0.2) is 0 Å². The van der Waals surface area contributed by atoms with Gasteiger partial charge in [-0.05, 0) is 56.2 Å². The molecule has 4 nitrogen and oxygen atoms in total. The number of hydrogen-bond acceptors (Lipinski definition) is 4. The van der Waals surface area contributed by atoms with Crippen LogP contribution in [0.5, 0.6) is 0 Å². The van der Waals surface area contributed by atoms with E-state index in [4.69, 9.17) is 16.4 Å². The maximum atomic E-state index is 6.44. The Morgan fingerprint density at radius 3 is 2.36 bits per heavy atom. The summed E-state index contributed by atoms with van der Waals surface area (Å²) in [6, 6.07) is 6.40. The van der Waals surface area contributed by atoms with E-state index in [9.17, 15) is 0 Å². The van der Waals surface area contributed by atoms with Crippen molar-refractivity contribution in [1.29, 1.82) is 0 Å². The third-order valence-electron chi connectivity index (χ3n) is 5.73. The first kappa shape index (κ1) is 17.6. The van der Waals surface area contributed by atoms with Crippen LogP contribution in [0.4, 0.5) is 5.69 Å². The Bertz CT molecular complexity index is 576. The molecule has 0 unspecified atom stereocenters. The fourth-order valence-corrected chi connectivity index (χ4v) is 4.34. The van der Waals surface area contributed by atoms with Crippen LogP contribution in [-0.4, -0.2) is 61.9 Å². The Morgan fingerprint density at radius 1 is 1.00 bits per heavy atom. The van der Waals surface area contributed by atoms with Crippen molar-refractivity contribution in [3.63, 3.8) is 0 Å². The SMILES string of the molecule is Cc1ccc(N2CCN(CC3CCN(OC4CC4)CC3)CC2)c(Cl)c1. The van der Waals surface area contributed by atoms with E-state index < -0.39 is 0 Å². The average molecular weight is 364 g/mol. The zero-order valence-electron chi connectivity index (χ0n) is 15.3. The van der Waals surface area contributed by atoms with Gasteiger partial charge < -0.3 is 4.90 Å². The van der Waals surface area contributed by atoms with Crippen molar-refractivity contribution in [3.05, 3.63) is 28.8 Å². The molecule has 1 saturated carbocycles. The summed E-state index contributed by atoms with van der Waals surface area (Å²) < 4.78 is 0. The zero-order valence-corrected chi connectivity index (χ0v) is 16.0. The Morgan fingerprint density at radius 2 is 1.72 bits per heavy atom. The van der Waals surface area contributed by atoms with Crippen LogP contribution in [0.3, 0.4) is 0 Å². The molecule has 1 aromatic carbocycles. The number of benzene rings is 1. The van der Waals surface area contributed by atoms with Gasteiger partial charge in [-0.25, -0.2) is 0 Å². The number of halogens is 1. The summed E-state index contributed by atoms with van der Waals surface area (Å²) in [5.41, 5.74) is 2.42. The molecule has 2 aliphatic heterocycles. The Kier molecular flexibility index (Phi) is 5.51. The lowest BCUT2D eigenvalue weighted by atomic mass is 9.97. The number of aryl methyl sites for hydroxylation is 1. The van der Waals surface area contributed by atoms with E-state index in [0.29, 0.717) is 6.10 Å². The van der Waals surface area contributed by atoms with Crippen molar-refractivity contribution in [2.75, 3.05) is 50.7 Å². The van der Waals surface area contributed by atoms with E-state index in [0.717, 1.165) is 50.2 Å². The molecule has 2 heterocycles. The second-order valence-corrected chi connectivity index (χ2v) is 8.33. The highest BCUT2D eigenvalue weighted by Gasteiger charge is 2.29. The monoisotopic (exact) mass is 363 g/mol. The summed E-state index contributed by atoms with van der Waals surface area (Å²) in [6.07, 6.45) is 5.61. The molecule has 0 bridgehead atoms. The molecule has 2 saturated heterocycles. The molecule has 138 valence electrons. The van der Waals surface area contributed by atoms with Gasteiger partial charge in [-0.1, -0.05) is 17.7 Å². The van der Waals surface area contributed by atoms with Crippen molar-refractivity contribution in [2.45, 2.75) is 38.7 Å². The predicted octanol–water partition coefficient (Wildman–Crippen LogP) is 3.58. The van der Waals surface area contributed by atoms with Gasteiger partial charge in [0, 0.05) is 45.8 Å². The summed E-state index contributed by atoms with van der Waals surface area (Å²) >= 11 is 6.44. The minimum Gasteiger partial charge on any atom is -0.368 e. The molecule has 1 aromatic rings. The van der Waals surface area contributed by atoms with Crippen LogP contribution in [0.1, 0.15) is 31.2 Å². The number of hydroxylamine groups is 2. The van der Waals surface area contributed by atoms with Gasteiger partial charge in [0.2, 0.25) is 0 Å². The maximum absolute atomic E-state index is 6.44. The molecule has 3 aliphatic rings. The Balaban J connectivity index is 1.21. The highest BCUT2D eigenvalue weighted by molar-refractivity contribution is 6.33. The number of nitrogens with zero attached hydrogens (tertiary/aromatic N) is 3. The number of rotatable bonds is 5. The van der Waals surface area contributed by atoms with E-state index in [-0.39, 0.29) is 0 Å². The van der Waals surface area contributed by atoms with Crippen molar-refractivity contribution >= 4 is 17.3 Å². The number of hydrogen-bond donors (Lipinski definition) is 0. The molecule has 0 radical (unpaired) electrons. The molecule has 25 heavy (non-hydrogen) atoms. The summed E-state index contributed by atoms with van der Waals surface area (Å²) in [4.78, 5) is 11.0. The van der Waals surface area contributed by atoms with E-state index in [2.05, 4.69) is 40.0 Å². The minimum atomic E-state index is 0.540. The van der Waals surface area contributed by atoms with E-state index in [1.165, 1.54) is 43.5 Å². The Labute approximate surface area is 156 Å². The highest BCUT2D eigenvalue weighted by atomic mass is 35.5. The lowest BCUT2D eigenvalue weighted by Crippen LogP contribution is -2.49. The van der Waals surface area contributed by atoms with Gasteiger partial charge in [0.25, 0.3) is 0 Å². The van der Waals surface area contributed by atoms with Gasteiger partial charge >= 0.3 is 0 Å². The smallest absolute Gasteiger partial charge is 0.0795 e. The summed E-state index contributed by atoms with van der Waals surface area (Å²) in [7, 11) is 0. The minimum absolute atomic E-state index is 0.540. The first-order valence-corrected chi connectivity index (χ1v) is 10.2. The molecule has 0 spiro atoms. The third-order valence-corrected chi connectivity index (χ3v) is 6.03. The van der Waals surface area contributed by atoms with Crippen LogP contribution in [0.25, 0.3) is 0 Å². The van der Waals surface area contributed by atoms with E-state index >= 15 is 0 Å². The number of anilines is 1.